The summed E-state index contributed by atoms with van der Waals surface area (Å²) in [5, 5.41) is 9.83. The van der Waals surface area contributed by atoms with Gasteiger partial charge in [0.05, 0.1) is 6.07 Å². The Balaban J connectivity index is 2.19. The molecule has 0 spiro atoms. The van der Waals surface area contributed by atoms with Crippen molar-refractivity contribution in [3.8, 4) is 6.07 Å². The first kappa shape index (κ1) is 16.8. The summed E-state index contributed by atoms with van der Waals surface area (Å²) < 4.78 is 0. The van der Waals surface area contributed by atoms with E-state index in [0.29, 0.717) is 5.92 Å². The number of rotatable bonds is 7. The lowest BCUT2D eigenvalue weighted by Crippen LogP contribution is -2.42. The maximum absolute atomic E-state index is 9.83. The lowest BCUT2D eigenvalue weighted by atomic mass is 9.83. The maximum atomic E-state index is 9.83. The van der Waals surface area contributed by atoms with Crippen LogP contribution in [0.2, 0.25) is 0 Å². The summed E-state index contributed by atoms with van der Waals surface area (Å²) in [6, 6.07) is 13.5. The Bertz CT molecular complexity index is 482. The van der Waals surface area contributed by atoms with Crippen LogP contribution in [0.3, 0.4) is 0 Å². The van der Waals surface area contributed by atoms with Crippen LogP contribution in [-0.4, -0.2) is 17.5 Å². The molecule has 2 rings (SSSR count). The second-order valence-electron chi connectivity index (χ2n) is 6.37. The van der Waals surface area contributed by atoms with Gasteiger partial charge in [-0.25, -0.2) is 0 Å². The predicted molar refractivity (Wildman–Crippen MR) is 92.4 cm³/mol. The lowest BCUT2D eigenvalue weighted by Gasteiger charge is -2.38. The van der Waals surface area contributed by atoms with Gasteiger partial charge in [0.2, 0.25) is 0 Å². The molecule has 0 saturated heterocycles. The van der Waals surface area contributed by atoms with Gasteiger partial charge in [0.1, 0.15) is 6.04 Å². The highest BCUT2D eigenvalue weighted by atomic mass is 15.2. The molecule has 2 nitrogen and oxygen atoms in total. The Hall–Kier alpha value is -1.59. The van der Waals surface area contributed by atoms with Gasteiger partial charge in [-0.05, 0) is 37.7 Å². The van der Waals surface area contributed by atoms with Gasteiger partial charge in [0.15, 0.2) is 0 Å². The molecule has 0 aromatic heterocycles. The second-order valence-corrected chi connectivity index (χ2v) is 6.37. The van der Waals surface area contributed by atoms with Gasteiger partial charge in [-0.3, -0.25) is 4.90 Å². The highest BCUT2D eigenvalue weighted by molar-refractivity contribution is 5.19. The van der Waals surface area contributed by atoms with E-state index in [1.54, 1.807) is 0 Å². The van der Waals surface area contributed by atoms with E-state index in [9.17, 15) is 5.26 Å². The molecule has 1 fully saturated rings. The number of benzene rings is 1. The van der Waals surface area contributed by atoms with Crippen LogP contribution in [0.4, 0.5) is 0 Å². The Morgan fingerprint density at radius 3 is 2.55 bits per heavy atom. The van der Waals surface area contributed by atoms with Crippen LogP contribution >= 0.6 is 0 Å². The van der Waals surface area contributed by atoms with E-state index in [2.05, 4.69) is 48.7 Å². The Kier molecular flexibility index (Phi) is 6.68. The molecule has 1 unspecified atom stereocenters. The zero-order valence-corrected chi connectivity index (χ0v) is 13.7. The molecule has 0 N–H and O–H groups in total. The minimum absolute atomic E-state index is 0.0236. The normalized spacial score (nSPS) is 18.6. The maximum Gasteiger partial charge on any atom is 0.101 e. The fourth-order valence-corrected chi connectivity index (χ4v) is 3.64. The van der Waals surface area contributed by atoms with Crippen LogP contribution in [0.1, 0.15) is 57.1 Å². The summed E-state index contributed by atoms with van der Waals surface area (Å²) >= 11 is 0. The molecule has 2 heteroatoms. The predicted octanol–water partition coefficient (Wildman–Crippen LogP) is 5.10. The molecule has 1 aliphatic rings. The van der Waals surface area contributed by atoms with E-state index in [0.717, 1.165) is 13.0 Å². The third kappa shape index (κ3) is 4.21. The van der Waals surface area contributed by atoms with Crippen molar-refractivity contribution in [1.82, 2.24) is 4.90 Å². The zero-order chi connectivity index (χ0) is 15.8. The Labute approximate surface area is 135 Å². The fraction of sp³-hybridized carbons (Fsp3) is 0.550. The van der Waals surface area contributed by atoms with Crippen molar-refractivity contribution >= 4 is 0 Å². The molecule has 2 atom stereocenters. The third-order valence-electron chi connectivity index (χ3n) is 4.96. The van der Waals surface area contributed by atoms with Crippen molar-refractivity contribution in [3.05, 3.63) is 48.6 Å². The molecule has 118 valence electrons. The van der Waals surface area contributed by atoms with Crippen molar-refractivity contribution in [1.29, 1.82) is 5.26 Å². The van der Waals surface area contributed by atoms with Gasteiger partial charge in [-0.1, -0.05) is 55.7 Å². The van der Waals surface area contributed by atoms with Gasteiger partial charge in [-0.2, -0.15) is 5.26 Å². The molecule has 1 aromatic carbocycles. The minimum atomic E-state index is 0.0236. The van der Waals surface area contributed by atoms with E-state index in [1.165, 1.54) is 37.7 Å². The smallest absolute Gasteiger partial charge is 0.101 e. The van der Waals surface area contributed by atoms with E-state index >= 15 is 0 Å². The Morgan fingerprint density at radius 1 is 1.27 bits per heavy atom. The molecule has 0 heterocycles. The highest BCUT2D eigenvalue weighted by Crippen LogP contribution is 2.33. The molecule has 1 aliphatic carbocycles. The number of nitrogens with zero attached hydrogens (tertiary/aromatic N) is 2. The van der Waals surface area contributed by atoms with Crippen molar-refractivity contribution in [2.45, 2.75) is 57.5 Å². The molecular weight excluding hydrogens is 268 g/mol. The first-order valence-corrected chi connectivity index (χ1v) is 8.59. The van der Waals surface area contributed by atoms with Crippen LogP contribution in [0, 0.1) is 17.2 Å². The van der Waals surface area contributed by atoms with Crippen LogP contribution in [0.25, 0.3) is 0 Å². The molecule has 0 aliphatic heterocycles. The standard InChI is InChI=1S/C20H28N2/c1-3-4-15-22(17(2)18-11-7-5-8-12-18)20(16-21)19-13-9-6-10-14-19/h3,5,7-8,11-12,17,19-20H,1,4,6,9-10,13-15H2,2H3/t17-,20?/m1/s1. The highest BCUT2D eigenvalue weighted by Gasteiger charge is 2.31. The number of hydrogen-bond acceptors (Lipinski definition) is 2. The van der Waals surface area contributed by atoms with Crippen molar-refractivity contribution in [3.63, 3.8) is 0 Å². The Morgan fingerprint density at radius 2 is 1.95 bits per heavy atom. The van der Waals surface area contributed by atoms with Gasteiger partial charge in [0, 0.05) is 12.6 Å². The fourth-order valence-electron chi connectivity index (χ4n) is 3.64. The summed E-state index contributed by atoms with van der Waals surface area (Å²) in [4.78, 5) is 2.40. The van der Waals surface area contributed by atoms with Crippen molar-refractivity contribution < 1.29 is 0 Å². The van der Waals surface area contributed by atoms with Crippen LogP contribution < -0.4 is 0 Å². The van der Waals surface area contributed by atoms with Gasteiger partial charge < -0.3 is 0 Å². The molecule has 22 heavy (non-hydrogen) atoms. The number of hydrogen-bond donors (Lipinski definition) is 0. The summed E-state index contributed by atoms with van der Waals surface area (Å²) in [6.45, 7) is 6.99. The first-order valence-electron chi connectivity index (χ1n) is 8.59. The van der Waals surface area contributed by atoms with E-state index in [-0.39, 0.29) is 12.1 Å². The molecule has 0 amide bonds. The summed E-state index contributed by atoms with van der Waals surface area (Å²) in [5.74, 6) is 0.523. The average Bonchev–Trinajstić information content (AvgIpc) is 2.59. The summed E-state index contributed by atoms with van der Waals surface area (Å²) in [5.41, 5.74) is 1.29. The van der Waals surface area contributed by atoms with Gasteiger partial charge in [0.25, 0.3) is 0 Å². The van der Waals surface area contributed by atoms with Crippen LogP contribution in [0.15, 0.2) is 43.0 Å². The molecule has 1 aromatic rings. The van der Waals surface area contributed by atoms with E-state index < -0.39 is 0 Å². The zero-order valence-electron chi connectivity index (χ0n) is 13.7. The van der Waals surface area contributed by atoms with Crippen molar-refractivity contribution in [2.24, 2.45) is 5.92 Å². The summed E-state index contributed by atoms with van der Waals surface area (Å²) in [6.07, 6.45) is 9.17. The topological polar surface area (TPSA) is 27.0 Å². The van der Waals surface area contributed by atoms with Gasteiger partial charge >= 0.3 is 0 Å². The third-order valence-corrected chi connectivity index (χ3v) is 4.96. The quantitative estimate of drug-likeness (QED) is 0.655. The molecule has 0 bridgehead atoms. The average molecular weight is 296 g/mol. The molecular formula is C20H28N2. The lowest BCUT2D eigenvalue weighted by molar-refractivity contribution is 0.116. The van der Waals surface area contributed by atoms with E-state index in [4.69, 9.17) is 0 Å². The molecule has 0 radical (unpaired) electrons. The van der Waals surface area contributed by atoms with Crippen molar-refractivity contribution in [2.75, 3.05) is 6.54 Å². The largest absolute Gasteiger partial charge is 0.281 e. The monoisotopic (exact) mass is 296 g/mol. The first-order chi connectivity index (χ1) is 10.8. The SMILES string of the molecule is C=CCCN(C(C#N)C1CCCCC1)[C@H](C)c1ccccc1. The minimum Gasteiger partial charge on any atom is -0.281 e. The van der Waals surface area contributed by atoms with Crippen LogP contribution in [0.5, 0.6) is 0 Å². The summed E-state index contributed by atoms with van der Waals surface area (Å²) in [7, 11) is 0. The van der Waals surface area contributed by atoms with E-state index in [1.807, 2.05) is 12.1 Å². The van der Waals surface area contributed by atoms with Crippen LogP contribution in [-0.2, 0) is 0 Å². The number of nitriles is 1. The second kappa shape index (κ2) is 8.76. The molecule has 1 saturated carbocycles. The van der Waals surface area contributed by atoms with Gasteiger partial charge in [-0.15, -0.1) is 6.58 Å².